The third kappa shape index (κ3) is 6.09. The second kappa shape index (κ2) is 10.8. The highest BCUT2D eigenvalue weighted by Gasteiger charge is 2.34. The van der Waals surface area contributed by atoms with E-state index < -0.39 is 0 Å². The Morgan fingerprint density at radius 3 is 2.45 bits per heavy atom. The van der Waals surface area contributed by atoms with Gasteiger partial charge in [0.25, 0.3) is 0 Å². The summed E-state index contributed by atoms with van der Waals surface area (Å²) < 4.78 is 11.3. The molecule has 0 bridgehead atoms. The first-order valence-corrected chi connectivity index (χ1v) is 11.2. The van der Waals surface area contributed by atoms with Crippen molar-refractivity contribution in [2.75, 3.05) is 32.9 Å². The van der Waals surface area contributed by atoms with Crippen LogP contribution in [0.2, 0.25) is 0 Å². The van der Waals surface area contributed by atoms with Gasteiger partial charge >= 0.3 is 0 Å². The molecule has 2 aliphatic rings. The number of aliphatic hydroxyl groups is 1. The summed E-state index contributed by atoms with van der Waals surface area (Å²) in [5, 5.41) is 16.7. The van der Waals surface area contributed by atoms with Gasteiger partial charge in [-0.2, -0.15) is 0 Å². The average Bonchev–Trinajstić information content (AvgIpc) is 2.75. The molecule has 0 aromatic heterocycles. The first-order chi connectivity index (χ1) is 14.1. The molecule has 6 heteroatoms. The first-order valence-electron chi connectivity index (χ1n) is 11.2. The van der Waals surface area contributed by atoms with Crippen molar-refractivity contribution in [3.8, 4) is 5.75 Å². The maximum Gasteiger partial charge on any atom is 0.191 e. The van der Waals surface area contributed by atoms with Gasteiger partial charge in [0.05, 0.1) is 19.3 Å². The molecule has 1 saturated carbocycles. The van der Waals surface area contributed by atoms with Crippen LogP contribution in [-0.4, -0.2) is 56.1 Å². The Morgan fingerprint density at radius 2 is 1.83 bits per heavy atom. The largest absolute Gasteiger partial charge is 0.494 e. The molecule has 162 valence electrons. The van der Waals surface area contributed by atoms with E-state index in [1.54, 1.807) is 0 Å². The molecule has 0 atom stereocenters. The highest BCUT2D eigenvalue weighted by Crippen LogP contribution is 2.36. The van der Waals surface area contributed by atoms with Crippen LogP contribution in [0.25, 0.3) is 0 Å². The van der Waals surface area contributed by atoms with E-state index in [0.717, 1.165) is 76.5 Å². The molecule has 1 aliphatic heterocycles. The number of rotatable bonds is 7. The van der Waals surface area contributed by atoms with Crippen molar-refractivity contribution >= 4 is 5.96 Å². The van der Waals surface area contributed by atoms with E-state index in [1.165, 1.54) is 5.56 Å². The predicted molar refractivity (Wildman–Crippen MR) is 117 cm³/mol. The normalized spacial score (nSPS) is 24.7. The fraction of sp³-hybridized carbons (Fsp3) is 0.696. The lowest BCUT2D eigenvalue weighted by Crippen LogP contribution is -2.46. The quantitative estimate of drug-likeness (QED) is 0.482. The van der Waals surface area contributed by atoms with Crippen molar-refractivity contribution in [2.45, 2.75) is 69.9 Å². The fourth-order valence-electron chi connectivity index (χ4n) is 4.34. The topological polar surface area (TPSA) is 75.1 Å². The van der Waals surface area contributed by atoms with Crippen molar-refractivity contribution in [3.05, 3.63) is 29.8 Å². The van der Waals surface area contributed by atoms with Gasteiger partial charge in [0.2, 0.25) is 0 Å². The minimum atomic E-state index is -0.141. The molecule has 2 fully saturated rings. The van der Waals surface area contributed by atoms with E-state index in [1.807, 2.05) is 6.92 Å². The van der Waals surface area contributed by atoms with Crippen LogP contribution < -0.4 is 15.4 Å². The Bertz CT molecular complexity index is 633. The van der Waals surface area contributed by atoms with Crippen LogP contribution in [0.5, 0.6) is 5.75 Å². The van der Waals surface area contributed by atoms with Gasteiger partial charge in [0, 0.05) is 31.2 Å². The lowest BCUT2D eigenvalue weighted by molar-refractivity contribution is 0.0530. The third-order valence-corrected chi connectivity index (χ3v) is 6.15. The number of aliphatic imine (C=N–C) groups is 1. The zero-order valence-corrected chi connectivity index (χ0v) is 18.0. The van der Waals surface area contributed by atoms with Crippen LogP contribution in [-0.2, 0) is 10.2 Å². The van der Waals surface area contributed by atoms with Crippen LogP contribution in [0.1, 0.15) is 57.9 Å². The maximum atomic E-state index is 9.76. The second-order valence-electron chi connectivity index (χ2n) is 8.20. The standard InChI is InChI=1S/C23H37N3O3/c1-3-24-22(26-19-7-9-20(27)10-8-19)25-17-23(13-15-28-16-14-23)18-5-11-21(12-6-18)29-4-2/h5-6,11-12,19-20,27H,3-4,7-10,13-17H2,1-2H3,(H2,24,25,26). The first kappa shape index (κ1) is 21.9. The molecular weight excluding hydrogens is 366 g/mol. The lowest BCUT2D eigenvalue weighted by Gasteiger charge is -2.37. The van der Waals surface area contributed by atoms with E-state index in [9.17, 15) is 5.11 Å². The maximum absolute atomic E-state index is 9.76. The molecule has 29 heavy (non-hydrogen) atoms. The summed E-state index contributed by atoms with van der Waals surface area (Å²) in [5.74, 6) is 1.79. The molecule has 3 rings (SSSR count). The number of hydrogen-bond donors (Lipinski definition) is 3. The smallest absolute Gasteiger partial charge is 0.191 e. The van der Waals surface area contributed by atoms with Gasteiger partial charge in [-0.15, -0.1) is 0 Å². The van der Waals surface area contributed by atoms with Crippen LogP contribution in [0, 0.1) is 0 Å². The van der Waals surface area contributed by atoms with Crippen LogP contribution in [0.4, 0.5) is 0 Å². The van der Waals surface area contributed by atoms with Gasteiger partial charge in [0.15, 0.2) is 5.96 Å². The van der Waals surface area contributed by atoms with Gasteiger partial charge in [-0.25, -0.2) is 0 Å². The molecule has 0 amide bonds. The number of nitrogens with zero attached hydrogens (tertiary/aromatic N) is 1. The number of aliphatic hydroxyl groups excluding tert-OH is 1. The minimum Gasteiger partial charge on any atom is -0.494 e. The van der Waals surface area contributed by atoms with Crippen LogP contribution >= 0.6 is 0 Å². The lowest BCUT2D eigenvalue weighted by atomic mass is 9.74. The summed E-state index contributed by atoms with van der Waals surface area (Å²) in [4.78, 5) is 5.00. The molecule has 1 aliphatic carbocycles. The van der Waals surface area contributed by atoms with Gasteiger partial charge < -0.3 is 25.2 Å². The predicted octanol–water partition coefficient (Wildman–Crippen LogP) is 2.99. The Morgan fingerprint density at radius 1 is 1.14 bits per heavy atom. The Kier molecular flexibility index (Phi) is 8.19. The van der Waals surface area contributed by atoms with E-state index in [4.69, 9.17) is 14.5 Å². The van der Waals surface area contributed by atoms with Gasteiger partial charge in [-0.05, 0) is 70.1 Å². The van der Waals surface area contributed by atoms with Gasteiger partial charge in [-0.3, -0.25) is 4.99 Å². The van der Waals surface area contributed by atoms with E-state index in [0.29, 0.717) is 12.6 Å². The number of nitrogens with one attached hydrogen (secondary N) is 2. The van der Waals surface area contributed by atoms with Crippen molar-refractivity contribution in [3.63, 3.8) is 0 Å². The molecule has 1 aromatic carbocycles. The Labute approximate surface area is 175 Å². The molecule has 0 unspecified atom stereocenters. The van der Waals surface area contributed by atoms with Crippen molar-refractivity contribution < 1.29 is 14.6 Å². The summed E-state index contributed by atoms with van der Waals surface area (Å²) >= 11 is 0. The molecular formula is C23H37N3O3. The Hall–Kier alpha value is -1.79. The number of hydrogen-bond acceptors (Lipinski definition) is 4. The second-order valence-corrected chi connectivity index (χ2v) is 8.20. The third-order valence-electron chi connectivity index (χ3n) is 6.15. The highest BCUT2D eigenvalue weighted by molar-refractivity contribution is 5.80. The van der Waals surface area contributed by atoms with Crippen molar-refractivity contribution in [1.82, 2.24) is 10.6 Å². The monoisotopic (exact) mass is 403 g/mol. The molecule has 6 nitrogen and oxygen atoms in total. The fourth-order valence-corrected chi connectivity index (χ4v) is 4.34. The summed E-state index contributed by atoms with van der Waals surface area (Å²) in [7, 11) is 0. The van der Waals surface area contributed by atoms with E-state index in [2.05, 4.69) is 41.8 Å². The zero-order valence-electron chi connectivity index (χ0n) is 18.0. The van der Waals surface area contributed by atoms with Gasteiger partial charge in [0.1, 0.15) is 5.75 Å². The molecule has 1 aromatic rings. The molecule has 3 N–H and O–H groups in total. The van der Waals surface area contributed by atoms with E-state index >= 15 is 0 Å². The van der Waals surface area contributed by atoms with Gasteiger partial charge in [-0.1, -0.05) is 12.1 Å². The summed E-state index contributed by atoms with van der Waals surface area (Å²) in [6.45, 7) is 7.89. The number of guanidine groups is 1. The highest BCUT2D eigenvalue weighted by atomic mass is 16.5. The zero-order chi connectivity index (χ0) is 20.5. The average molecular weight is 404 g/mol. The van der Waals surface area contributed by atoms with E-state index in [-0.39, 0.29) is 11.5 Å². The Balaban J connectivity index is 1.73. The molecule has 1 heterocycles. The number of benzene rings is 1. The molecule has 0 spiro atoms. The SMILES string of the molecule is CCNC(=NCC1(c2ccc(OCC)cc2)CCOCC1)NC1CCC(O)CC1. The van der Waals surface area contributed by atoms with Crippen molar-refractivity contribution in [1.29, 1.82) is 0 Å². The van der Waals surface area contributed by atoms with Crippen LogP contribution in [0.15, 0.2) is 29.3 Å². The summed E-state index contributed by atoms with van der Waals surface area (Å²) in [6, 6.07) is 8.89. The summed E-state index contributed by atoms with van der Waals surface area (Å²) in [6.07, 6.45) is 5.51. The van der Waals surface area contributed by atoms with Crippen LogP contribution in [0.3, 0.4) is 0 Å². The minimum absolute atomic E-state index is 0.00585. The van der Waals surface area contributed by atoms with Crippen molar-refractivity contribution in [2.24, 2.45) is 4.99 Å². The molecule has 1 saturated heterocycles. The molecule has 0 radical (unpaired) electrons. The summed E-state index contributed by atoms with van der Waals surface area (Å²) in [5.41, 5.74) is 1.30. The number of ether oxygens (including phenoxy) is 2.